The Morgan fingerprint density at radius 2 is 1.88 bits per heavy atom. The molecule has 25 heavy (non-hydrogen) atoms. The Morgan fingerprint density at radius 3 is 2.52 bits per heavy atom. The van der Waals surface area contributed by atoms with E-state index in [0.717, 1.165) is 43.3 Å². The zero-order valence-corrected chi connectivity index (χ0v) is 15.2. The van der Waals surface area contributed by atoms with Crippen molar-refractivity contribution >= 4 is 5.91 Å². The lowest BCUT2D eigenvalue weighted by atomic mass is 9.88. The molecular formula is C20H28N2O3. The van der Waals surface area contributed by atoms with Crippen LogP contribution in [-0.4, -0.2) is 68.3 Å². The minimum atomic E-state index is 0.139. The van der Waals surface area contributed by atoms with Gasteiger partial charge in [0.15, 0.2) is 0 Å². The molecule has 4 rings (SSSR count). The molecule has 5 heteroatoms. The van der Waals surface area contributed by atoms with Crippen LogP contribution in [0, 0.1) is 11.8 Å². The molecule has 1 aromatic carbocycles. The largest absolute Gasteiger partial charge is 0.497 e. The molecule has 136 valence electrons. The molecule has 1 amide bonds. The van der Waals surface area contributed by atoms with Gasteiger partial charge in [-0.25, -0.2) is 0 Å². The summed E-state index contributed by atoms with van der Waals surface area (Å²) in [6.45, 7) is 4.02. The van der Waals surface area contributed by atoms with Crippen LogP contribution in [0.4, 0.5) is 0 Å². The van der Waals surface area contributed by atoms with Gasteiger partial charge in [0.25, 0.3) is 5.91 Å². The van der Waals surface area contributed by atoms with Crippen molar-refractivity contribution in [2.24, 2.45) is 11.8 Å². The Balaban J connectivity index is 1.50. The smallest absolute Gasteiger partial charge is 0.254 e. The molecule has 1 aliphatic carbocycles. The van der Waals surface area contributed by atoms with Crippen molar-refractivity contribution < 1.29 is 14.3 Å². The third-order valence-corrected chi connectivity index (χ3v) is 6.05. The number of carbonyl (C=O) groups excluding carboxylic acids is 1. The summed E-state index contributed by atoms with van der Waals surface area (Å²) >= 11 is 0. The van der Waals surface area contributed by atoms with Crippen LogP contribution in [0.1, 0.15) is 29.6 Å². The number of ether oxygens (including phenoxy) is 2. The molecule has 0 spiro atoms. The van der Waals surface area contributed by atoms with Gasteiger partial charge in [0.05, 0.1) is 19.3 Å². The van der Waals surface area contributed by atoms with Gasteiger partial charge in [0.2, 0.25) is 0 Å². The topological polar surface area (TPSA) is 42.0 Å². The lowest BCUT2D eigenvalue weighted by molar-refractivity contribution is -0.0156. The van der Waals surface area contributed by atoms with Gasteiger partial charge in [-0.05, 0) is 49.4 Å². The Labute approximate surface area is 149 Å². The lowest BCUT2D eigenvalue weighted by Crippen LogP contribution is -2.53. The van der Waals surface area contributed by atoms with E-state index in [-0.39, 0.29) is 18.1 Å². The minimum Gasteiger partial charge on any atom is -0.497 e. The van der Waals surface area contributed by atoms with E-state index in [2.05, 4.69) is 9.80 Å². The summed E-state index contributed by atoms with van der Waals surface area (Å²) in [5.41, 5.74) is 0.746. The number of nitrogens with zero attached hydrogens (tertiary/aromatic N) is 2. The van der Waals surface area contributed by atoms with Crippen LogP contribution in [-0.2, 0) is 4.74 Å². The first-order valence-corrected chi connectivity index (χ1v) is 9.39. The summed E-state index contributed by atoms with van der Waals surface area (Å²) in [7, 11) is 3.45. The molecule has 1 aromatic rings. The highest BCUT2D eigenvalue weighted by Crippen LogP contribution is 2.36. The SMILES string of the molecule is COc1ccc(C(=O)N2CC[C@@H](OC)[C@H]3CN(CC4CC4)C[C@H]32)cc1. The molecule has 0 N–H and O–H groups in total. The van der Waals surface area contributed by atoms with Crippen molar-refractivity contribution in [1.82, 2.24) is 9.80 Å². The summed E-state index contributed by atoms with van der Waals surface area (Å²) < 4.78 is 11.0. The molecule has 2 heterocycles. The second-order valence-electron chi connectivity index (χ2n) is 7.68. The minimum absolute atomic E-state index is 0.139. The van der Waals surface area contributed by atoms with Crippen LogP contribution in [0.15, 0.2) is 24.3 Å². The molecule has 0 bridgehead atoms. The summed E-state index contributed by atoms with van der Waals surface area (Å²) in [5.74, 6) is 2.23. The highest BCUT2D eigenvalue weighted by molar-refractivity contribution is 5.94. The number of benzene rings is 1. The summed E-state index contributed by atoms with van der Waals surface area (Å²) in [6, 6.07) is 7.74. The Hall–Kier alpha value is -1.59. The van der Waals surface area contributed by atoms with Gasteiger partial charge >= 0.3 is 0 Å². The summed E-state index contributed by atoms with van der Waals surface area (Å²) in [5, 5.41) is 0. The second kappa shape index (κ2) is 6.96. The van der Waals surface area contributed by atoms with E-state index in [0.29, 0.717) is 5.92 Å². The van der Waals surface area contributed by atoms with Gasteiger partial charge in [0, 0.05) is 44.8 Å². The first-order chi connectivity index (χ1) is 12.2. The van der Waals surface area contributed by atoms with Crippen molar-refractivity contribution in [3.05, 3.63) is 29.8 Å². The quantitative estimate of drug-likeness (QED) is 0.822. The van der Waals surface area contributed by atoms with Crippen LogP contribution in [0.3, 0.4) is 0 Å². The number of hydrogen-bond donors (Lipinski definition) is 0. The Bertz CT molecular complexity index is 614. The zero-order chi connectivity index (χ0) is 17.4. The number of fused-ring (bicyclic) bond motifs is 1. The van der Waals surface area contributed by atoms with Gasteiger partial charge in [0.1, 0.15) is 5.75 Å². The summed E-state index contributed by atoms with van der Waals surface area (Å²) in [6.07, 6.45) is 3.94. The van der Waals surface area contributed by atoms with E-state index in [4.69, 9.17) is 9.47 Å². The molecule has 3 fully saturated rings. The number of methoxy groups -OCH3 is 2. The lowest BCUT2D eigenvalue weighted by Gasteiger charge is -2.41. The van der Waals surface area contributed by atoms with Crippen LogP contribution >= 0.6 is 0 Å². The molecule has 3 aliphatic rings. The highest BCUT2D eigenvalue weighted by atomic mass is 16.5. The van der Waals surface area contributed by atoms with E-state index in [9.17, 15) is 4.79 Å². The van der Waals surface area contributed by atoms with Crippen molar-refractivity contribution in [2.45, 2.75) is 31.4 Å². The first-order valence-electron chi connectivity index (χ1n) is 9.39. The van der Waals surface area contributed by atoms with E-state index >= 15 is 0 Å². The fourth-order valence-corrected chi connectivity index (χ4v) is 4.49. The predicted octanol–water partition coefficient (Wildman–Crippen LogP) is 2.27. The molecule has 0 radical (unpaired) electrons. The molecule has 0 unspecified atom stereocenters. The van der Waals surface area contributed by atoms with Crippen LogP contribution in [0.25, 0.3) is 0 Å². The molecular weight excluding hydrogens is 316 g/mol. The van der Waals surface area contributed by atoms with Gasteiger partial charge in [-0.1, -0.05) is 0 Å². The maximum absolute atomic E-state index is 13.1. The van der Waals surface area contributed by atoms with E-state index < -0.39 is 0 Å². The highest BCUT2D eigenvalue weighted by Gasteiger charge is 2.46. The molecule has 0 aromatic heterocycles. The number of carbonyl (C=O) groups is 1. The van der Waals surface area contributed by atoms with Gasteiger partial charge in [-0.2, -0.15) is 0 Å². The number of hydrogen-bond acceptors (Lipinski definition) is 4. The van der Waals surface area contributed by atoms with Crippen molar-refractivity contribution in [3.8, 4) is 5.75 Å². The third-order valence-electron chi connectivity index (χ3n) is 6.05. The van der Waals surface area contributed by atoms with Gasteiger partial charge in [-0.3, -0.25) is 4.79 Å². The standard InChI is InChI=1S/C20H28N2O3/c1-24-16-7-5-15(6-8-16)20(23)22-10-9-19(25-2)17-12-21(13-18(17)22)11-14-3-4-14/h5-8,14,17-19H,3-4,9-13H2,1-2H3/t17-,18+,19+/m0/s1. The van der Waals surface area contributed by atoms with Crippen LogP contribution < -0.4 is 4.74 Å². The van der Waals surface area contributed by atoms with Gasteiger partial charge in [-0.15, -0.1) is 0 Å². The average molecular weight is 344 g/mol. The number of likely N-dealkylation sites (tertiary alicyclic amines) is 2. The maximum atomic E-state index is 13.1. The zero-order valence-electron chi connectivity index (χ0n) is 15.2. The molecule has 2 saturated heterocycles. The van der Waals surface area contributed by atoms with Crippen molar-refractivity contribution in [3.63, 3.8) is 0 Å². The van der Waals surface area contributed by atoms with Crippen molar-refractivity contribution in [2.75, 3.05) is 40.4 Å². The Morgan fingerprint density at radius 1 is 1.12 bits per heavy atom. The fourth-order valence-electron chi connectivity index (χ4n) is 4.49. The molecule has 2 aliphatic heterocycles. The Kier molecular flexibility index (Phi) is 4.69. The van der Waals surface area contributed by atoms with Crippen LogP contribution in [0.2, 0.25) is 0 Å². The first kappa shape index (κ1) is 16.9. The van der Waals surface area contributed by atoms with Crippen molar-refractivity contribution in [1.29, 1.82) is 0 Å². The van der Waals surface area contributed by atoms with E-state index in [1.807, 2.05) is 31.4 Å². The summed E-state index contributed by atoms with van der Waals surface area (Å²) in [4.78, 5) is 17.8. The fraction of sp³-hybridized carbons (Fsp3) is 0.650. The number of amides is 1. The second-order valence-corrected chi connectivity index (χ2v) is 7.68. The average Bonchev–Trinajstić information content (AvgIpc) is 3.36. The maximum Gasteiger partial charge on any atom is 0.254 e. The van der Waals surface area contributed by atoms with Gasteiger partial charge < -0.3 is 19.3 Å². The van der Waals surface area contributed by atoms with E-state index in [1.165, 1.54) is 19.4 Å². The van der Waals surface area contributed by atoms with Crippen LogP contribution in [0.5, 0.6) is 5.75 Å². The molecule has 5 nitrogen and oxygen atoms in total. The van der Waals surface area contributed by atoms with E-state index in [1.54, 1.807) is 7.11 Å². The normalized spacial score (nSPS) is 29.5. The number of piperidine rings is 1. The molecule has 1 saturated carbocycles. The predicted molar refractivity (Wildman–Crippen MR) is 95.9 cm³/mol. The number of rotatable bonds is 5. The third kappa shape index (κ3) is 3.40. The molecule has 3 atom stereocenters. The monoisotopic (exact) mass is 344 g/mol.